The molecular weight excluding hydrogens is 372 g/mol. The summed E-state index contributed by atoms with van der Waals surface area (Å²) in [4.78, 5) is 0. The molecule has 0 amide bonds. The highest BCUT2D eigenvalue weighted by Crippen LogP contribution is 2.39. The lowest BCUT2D eigenvalue weighted by Gasteiger charge is -2.11. The topological polar surface area (TPSA) is 27.7 Å². The van der Waals surface area contributed by atoms with Gasteiger partial charge < -0.3 is 14.2 Å². The molecule has 0 bridgehead atoms. The predicted octanol–water partition coefficient (Wildman–Crippen LogP) is 6.05. The number of fused-ring (bicyclic) bond motifs is 1. The van der Waals surface area contributed by atoms with Crippen molar-refractivity contribution < 1.29 is 14.2 Å². The summed E-state index contributed by atoms with van der Waals surface area (Å²) in [6, 6.07) is 21.4. The van der Waals surface area contributed by atoms with Crippen LogP contribution in [0.3, 0.4) is 0 Å². The summed E-state index contributed by atoms with van der Waals surface area (Å²) in [5, 5.41) is 0. The predicted molar refractivity (Wildman–Crippen MR) is 122 cm³/mol. The molecule has 3 aromatic carbocycles. The molecule has 1 unspecified atom stereocenters. The van der Waals surface area contributed by atoms with E-state index < -0.39 is 0 Å². The molecule has 1 aliphatic carbocycles. The van der Waals surface area contributed by atoms with Crippen LogP contribution in [0.1, 0.15) is 40.7 Å². The van der Waals surface area contributed by atoms with Gasteiger partial charge in [0.2, 0.25) is 0 Å². The molecule has 0 saturated carbocycles. The Balaban J connectivity index is 1.55. The van der Waals surface area contributed by atoms with E-state index in [9.17, 15) is 0 Å². The van der Waals surface area contributed by atoms with Gasteiger partial charge in [0, 0.05) is 5.92 Å². The Morgan fingerprint density at radius 1 is 0.700 bits per heavy atom. The Morgan fingerprint density at radius 2 is 1.43 bits per heavy atom. The van der Waals surface area contributed by atoms with Crippen molar-refractivity contribution in [1.29, 1.82) is 0 Å². The summed E-state index contributed by atoms with van der Waals surface area (Å²) in [7, 11) is 5.06. The molecule has 0 heterocycles. The van der Waals surface area contributed by atoms with Crippen LogP contribution in [0.4, 0.5) is 0 Å². The average molecular weight is 401 g/mol. The Hall–Kier alpha value is -3.20. The van der Waals surface area contributed by atoms with Crippen LogP contribution in [0.5, 0.6) is 17.2 Å². The van der Waals surface area contributed by atoms with Crippen LogP contribution in [0.25, 0.3) is 5.57 Å². The Morgan fingerprint density at radius 3 is 2.17 bits per heavy atom. The number of ether oxygens (including phenoxy) is 3. The molecular formula is C27H28O3. The van der Waals surface area contributed by atoms with E-state index in [1.807, 2.05) is 6.07 Å². The smallest absolute Gasteiger partial charge is 0.160 e. The van der Waals surface area contributed by atoms with Crippen LogP contribution in [0.2, 0.25) is 0 Å². The van der Waals surface area contributed by atoms with Crippen LogP contribution in [0, 0.1) is 0 Å². The second-order valence-corrected chi connectivity index (χ2v) is 7.80. The first-order valence-corrected chi connectivity index (χ1v) is 10.3. The quantitative estimate of drug-likeness (QED) is 0.483. The second-order valence-electron chi connectivity index (χ2n) is 7.80. The molecule has 0 aliphatic heterocycles. The second kappa shape index (κ2) is 8.66. The molecule has 1 atom stereocenters. The molecule has 0 N–H and O–H groups in total. The van der Waals surface area contributed by atoms with Crippen LogP contribution in [0.15, 0.2) is 66.7 Å². The van der Waals surface area contributed by atoms with E-state index in [1.54, 1.807) is 21.3 Å². The fourth-order valence-electron chi connectivity index (χ4n) is 4.27. The van der Waals surface area contributed by atoms with Crippen LogP contribution in [-0.4, -0.2) is 21.3 Å². The molecule has 3 aromatic rings. The summed E-state index contributed by atoms with van der Waals surface area (Å²) in [5.41, 5.74) is 7.88. The molecule has 0 radical (unpaired) electrons. The van der Waals surface area contributed by atoms with Crippen molar-refractivity contribution in [2.24, 2.45) is 0 Å². The number of allylic oxidation sites excluding steroid dienone is 2. The molecule has 30 heavy (non-hydrogen) atoms. The maximum atomic E-state index is 5.45. The highest BCUT2D eigenvalue weighted by molar-refractivity contribution is 5.77. The van der Waals surface area contributed by atoms with E-state index >= 15 is 0 Å². The summed E-state index contributed by atoms with van der Waals surface area (Å²) in [6.07, 6.45) is 4.16. The Bertz CT molecular complexity index is 1080. The van der Waals surface area contributed by atoms with Crippen molar-refractivity contribution in [2.45, 2.75) is 25.7 Å². The van der Waals surface area contributed by atoms with Crippen LogP contribution < -0.4 is 14.2 Å². The summed E-state index contributed by atoms with van der Waals surface area (Å²) >= 11 is 0. The third-order valence-electron chi connectivity index (χ3n) is 5.79. The Labute approximate surface area is 178 Å². The number of hydrogen-bond donors (Lipinski definition) is 0. The lowest BCUT2D eigenvalue weighted by atomic mass is 9.96. The number of hydrogen-bond acceptors (Lipinski definition) is 3. The van der Waals surface area contributed by atoms with Gasteiger partial charge in [-0.15, -0.1) is 0 Å². The minimum atomic E-state index is 0.441. The first-order valence-electron chi connectivity index (χ1n) is 10.3. The first-order chi connectivity index (χ1) is 14.6. The largest absolute Gasteiger partial charge is 0.497 e. The molecule has 0 saturated heterocycles. The zero-order valence-corrected chi connectivity index (χ0v) is 18.1. The van der Waals surface area contributed by atoms with E-state index in [0.29, 0.717) is 5.92 Å². The van der Waals surface area contributed by atoms with Crippen molar-refractivity contribution in [2.75, 3.05) is 21.3 Å². The maximum Gasteiger partial charge on any atom is 0.160 e. The van der Waals surface area contributed by atoms with Gasteiger partial charge in [-0.25, -0.2) is 0 Å². The van der Waals surface area contributed by atoms with Crippen LogP contribution >= 0.6 is 0 Å². The summed E-state index contributed by atoms with van der Waals surface area (Å²) < 4.78 is 16.2. The zero-order chi connectivity index (χ0) is 21.1. The van der Waals surface area contributed by atoms with E-state index in [-0.39, 0.29) is 0 Å². The normalized spacial score (nSPS) is 14.8. The van der Waals surface area contributed by atoms with Gasteiger partial charge in [-0.3, -0.25) is 0 Å². The van der Waals surface area contributed by atoms with Gasteiger partial charge >= 0.3 is 0 Å². The Kier molecular flexibility index (Phi) is 5.80. The maximum absolute atomic E-state index is 5.45. The lowest BCUT2D eigenvalue weighted by Crippen LogP contribution is -1.96. The lowest BCUT2D eigenvalue weighted by molar-refractivity contribution is 0.354. The molecule has 0 spiro atoms. The van der Waals surface area contributed by atoms with Crippen molar-refractivity contribution in [3.8, 4) is 17.2 Å². The average Bonchev–Trinajstić information content (AvgIpc) is 3.08. The molecule has 3 nitrogen and oxygen atoms in total. The highest BCUT2D eigenvalue weighted by atomic mass is 16.5. The van der Waals surface area contributed by atoms with Gasteiger partial charge in [0.25, 0.3) is 0 Å². The summed E-state index contributed by atoms with van der Waals surface area (Å²) in [5.74, 6) is 2.87. The van der Waals surface area contributed by atoms with Gasteiger partial charge in [-0.2, -0.15) is 0 Å². The molecule has 4 rings (SSSR count). The van der Waals surface area contributed by atoms with Crippen molar-refractivity contribution in [3.63, 3.8) is 0 Å². The van der Waals surface area contributed by atoms with Crippen molar-refractivity contribution >= 4 is 5.57 Å². The van der Waals surface area contributed by atoms with E-state index in [2.05, 4.69) is 67.6 Å². The minimum absolute atomic E-state index is 0.441. The fraction of sp³-hybridized carbons (Fsp3) is 0.259. The standard InChI is InChI=1S/C27H28O3/c1-18-12-22(25-17-23(28-2)9-10-24(18)25)15-20-7-5-6-19(13-20)14-21-8-11-26(29-3)27(16-21)30-4/h5-13,16-18H,14-15H2,1-4H3. The molecule has 3 heteroatoms. The molecule has 154 valence electrons. The van der Waals surface area contributed by atoms with Crippen molar-refractivity contribution in [1.82, 2.24) is 0 Å². The van der Waals surface area contributed by atoms with Crippen LogP contribution in [-0.2, 0) is 12.8 Å². The molecule has 1 aliphatic rings. The zero-order valence-electron chi connectivity index (χ0n) is 18.1. The van der Waals surface area contributed by atoms with E-state index in [1.165, 1.54) is 33.4 Å². The third kappa shape index (κ3) is 4.06. The van der Waals surface area contributed by atoms with Crippen molar-refractivity contribution in [3.05, 3.63) is 94.6 Å². The van der Waals surface area contributed by atoms with Gasteiger partial charge in [-0.1, -0.05) is 49.4 Å². The van der Waals surface area contributed by atoms with E-state index in [4.69, 9.17) is 14.2 Å². The molecule has 0 aromatic heterocycles. The number of methoxy groups -OCH3 is 3. The fourth-order valence-corrected chi connectivity index (χ4v) is 4.27. The third-order valence-corrected chi connectivity index (χ3v) is 5.79. The monoisotopic (exact) mass is 400 g/mol. The highest BCUT2D eigenvalue weighted by Gasteiger charge is 2.21. The SMILES string of the molecule is COc1ccc2c(c1)C(Cc1cccc(Cc3ccc(OC)c(OC)c3)c1)=CC2C. The molecule has 0 fully saturated rings. The summed E-state index contributed by atoms with van der Waals surface area (Å²) in [6.45, 7) is 2.26. The van der Waals surface area contributed by atoms with E-state index in [0.717, 1.165) is 30.1 Å². The number of rotatable bonds is 7. The minimum Gasteiger partial charge on any atom is -0.497 e. The van der Waals surface area contributed by atoms with Gasteiger partial charge in [-0.05, 0) is 70.5 Å². The van der Waals surface area contributed by atoms with Gasteiger partial charge in [0.05, 0.1) is 21.3 Å². The van der Waals surface area contributed by atoms with Gasteiger partial charge in [0.15, 0.2) is 11.5 Å². The van der Waals surface area contributed by atoms with Gasteiger partial charge in [0.1, 0.15) is 5.75 Å². The number of benzene rings is 3. The first kappa shape index (κ1) is 20.1.